The molecule has 0 amide bonds. The van der Waals surface area contributed by atoms with E-state index in [-0.39, 0.29) is 0 Å². The molecular formula is C34H30N2. The Bertz CT molecular complexity index is 1660. The molecule has 5 rings (SSSR count). The van der Waals surface area contributed by atoms with Crippen molar-refractivity contribution in [2.75, 3.05) is 0 Å². The van der Waals surface area contributed by atoms with Crippen LogP contribution >= 0.6 is 0 Å². The van der Waals surface area contributed by atoms with Gasteiger partial charge in [0.15, 0.2) is 0 Å². The van der Waals surface area contributed by atoms with Gasteiger partial charge in [0.2, 0.25) is 0 Å². The summed E-state index contributed by atoms with van der Waals surface area (Å²) in [6.45, 7) is 8.05. The van der Waals surface area contributed by atoms with Crippen LogP contribution in [-0.4, -0.2) is 4.57 Å². The third kappa shape index (κ3) is 4.18. The summed E-state index contributed by atoms with van der Waals surface area (Å²) in [6, 6.07) is 30.2. The summed E-state index contributed by atoms with van der Waals surface area (Å²) in [5.74, 6) is 0. The number of aromatic nitrogens is 1. The van der Waals surface area contributed by atoms with Gasteiger partial charge in [-0.1, -0.05) is 91.5 Å². The Morgan fingerprint density at radius 2 is 1.61 bits per heavy atom. The first-order chi connectivity index (χ1) is 17.6. The van der Waals surface area contributed by atoms with Crippen molar-refractivity contribution in [1.29, 1.82) is 0 Å². The number of nitrogens with two attached hydrogens (primary N) is 1. The fourth-order valence-electron chi connectivity index (χ4n) is 4.84. The fourth-order valence-corrected chi connectivity index (χ4v) is 4.84. The molecule has 0 saturated carbocycles. The minimum atomic E-state index is 0.758. The minimum Gasteiger partial charge on any atom is -0.398 e. The number of para-hydroxylation sites is 1. The van der Waals surface area contributed by atoms with E-state index in [1.807, 2.05) is 37.3 Å². The van der Waals surface area contributed by atoms with Crippen LogP contribution in [0, 0.1) is 6.92 Å². The van der Waals surface area contributed by atoms with Crippen molar-refractivity contribution in [1.82, 2.24) is 4.57 Å². The second-order valence-corrected chi connectivity index (χ2v) is 8.90. The largest absolute Gasteiger partial charge is 0.398 e. The molecular weight excluding hydrogens is 436 g/mol. The summed E-state index contributed by atoms with van der Waals surface area (Å²) in [5, 5.41) is 3.69. The van der Waals surface area contributed by atoms with Gasteiger partial charge in [0.1, 0.15) is 0 Å². The van der Waals surface area contributed by atoms with Crippen molar-refractivity contribution in [3.8, 4) is 16.8 Å². The van der Waals surface area contributed by atoms with Gasteiger partial charge in [-0.3, -0.25) is 0 Å². The van der Waals surface area contributed by atoms with Gasteiger partial charge in [0, 0.05) is 27.9 Å². The van der Waals surface area contributed by atoms with Crippen LogP contribution in [0.4, 0.5) is 0 Å². The summed E-state index contributed by atoms with van der Waals surface area (Å²) < 4.78 is 2.36. The summed E-state index contributed by atoms with van der Waals surface area (Å²) in [5.41, 5.74) is 15.2. The standard InChI is InChI=1S/C34H30N2/c1-4-6-16-32(35)28-13-11-12-25(23-28)26-18-21-31-27(22-26)19-20-30-24(3)33(17-7-5-2)36(34(30)31)29-14-9-8-10-15-29/h4-23H,2,35H2,1,3H3/b6-4-,17-7-,32-16-. The highest BCUT2D eigenvalue weighted by molar-refractivity contribution is 6.10. The van der Waals surface area contributed by atoms with Crippen LogP contribution in [0.1, 0.15) is 23.7 Å². The minimum absolute atomic E-state index is 0.758. The summed E-state index contributed by atoms with van der Waals surface area (Å²) in [4.78, 5) is 0. The Labute approximate surface area is 213 Å². The average Bonchev–Trinajstić information content (AvgIpc) is 3.22. The molecule has 0 fully saturated rings. The predicted octanol–water partition coefficient (Wildman–Crippen LogP) is 8.83. The highest BCUT2D eigenvalue weighted by Crippen LogP contribution is 2.37. The molecule has 0 aliphatic carbocycles. The molecule has 0 bridgehead atoms. The van der Waals surface area contributed by atoms with Crippen LogP contribution in [0.3, 0.4) is 0 Å². The number of hydrogen-bond donors (Lipinski definition) is 1. The maximum atomic E-state index is 6.30. The molecule has 36 heavy (non-hydrogen) atoms. The molecule has 0 atom stereocenters. The zero-order valence-corrected chi connectivity index (χ0v) is 20.8. The zero-order chi connectivity index (χ0) is 25.1. The number of nitrogens with zero attached hydrogens (tertiary/aromatic N) is 1. The molecule has 0 spiro atoms. The van der Waals surface area contributed by atoms with E-state index in [0.29, 0.717) is 0 Å². The van der Waals surface area contributed by atoms with Crippen LogP contribution in [0.2, 0.25) is 0 Å². The highest BCUT2D eigenvalue weighted by Gasteiger charge is 2.16. The van der Waals surface area contributed by atoms with Crippen molar-refractivity contribution < 1.29 is 0 Å². The van der Waals surface area contributed by atoms with Gasteiger partial charge in [-0.15, -0.1) is 0 Å². The lowest BCUT2D eigenvalue weighted by Gasteiger charge is -2.12. The number of fused-ring (bicyclic) bond motifs is 3. The average molecular weight is 467 g/mol. The van der Waals surface area contributed by atoms with Crippen molar-refractivity contribution in [3.05, 3.63) is 139 Å². The monoisotopic (exact) mass is 466 g/mol. The van der Waals surface area contributed by atoms with E-state index in [0.717, 1.165) is 22.5 Å². The SMILES string of the molecule is C=C/C=C\c1c(C)c2ccc3cc(-c4cccc(/C(N)=C/C=C\C)c4)ccc3c2n1-c1ccccc1. The predicted molar refractivity (Wildman–Crippen MR) is 157 cm³/mol. The molecule has 5 aromatic rings. The zero-order valence-electron chi connectivity index (χ0n) is 20.8. The van der Waals surface area contributed by atoms with E-state index in [9.17, 15) is 0 Å². The molecule has 1 aromatic heterocycles. The van der Waals surface area contributed by atoms with Crippen molar-refractivity contribution >= 4 is 33.4 Å². The van der Waals surface area contributed by atoms with Gasteiger partial charge in [-0.25, -0.2) is 0 Å². The van der Waals surface area contributed by atoms with E-state index in [2.05, 4.69) is 109 Å². The van der Waals surface area contributed by atoms with Gasteiger partial charge < -0.3 is 10.3 Å². The number of allylic oxidation sites excluding steroid dienone is 5. The molecule has 0 saturated heterocycles. The summed E-state index contributed by atoms with van der Waals surface area (Å²) in [6.07, 6.45) is 11.9. The van der Waals surface area contributed by atoms with Crippen molar-refractivity contribution in [3.63, 3.8) is 0 Å². The number of benzene rings is 4. The van der Waals surface area contributed by atoms with Crippen molar-refractivity contribution in [2.45, 2.75) is 13.8 Å². The van der Waals surface area contributed by atoms with E-state index < -0.39 is 0 Å². The van der Waals surface area contributed by atoms with E-state index in [1.165, 1.54) is 38.5 Å². The second-order valence-electron chi connectivity index (χ2n) is 8.90. The molecule has 0 radical (unpaired) electrons. The first-order valence-electron chi connectivity index (χ1n) is 12.2. The maximum absolute atomic E-state index is 6.30. The summed E-state index contributed by atoms with van der Waals surface area (Å²) in [7, 11) is 0. The second kappa shape index (κ2) is 9.97. The first-order valence-corrected chi connectivity index (χ1v) is 12.2. The maximum Gasteiger partial charge on any atom is 0.0615 e. The van der Waals surface area contributed by atoms with Crippen LogP contribution in [0.5, 0.6) is 0 Å². The molecule has 2 heteroatoms. The highest BCUT2D eigenvalue weighted by atomic mass is 15.0. The Morgan fingerprint density at radius 1 is 0.833 bits per heavy atom. The molecule has 2 N–H and O–H groups in total. The number of rotatable bonds is 6. The number of aryl methyl sites for hydroxylation is 1. The van der Waals surface area contributed by atoms with E-state index in [4.69, 9.17) is 5.73 Å². The molecule has 2 nitrogen and oxygen atoms in total. The van der Waals surface area contributed by atoms with Crippen LogP contribution < -0.4 is 5.73 Å². The Kier molecular flexibility index (Phi) is 6.42. The Morgan fingerprint density at radius 3 is 2.39 bits per heavy atom. The third-order valence-corrected chi connectivity index (χ3v) is 6.65. The smallest absolute Gasteiger partial charge is 0.0615 e. The lowest BCUT2D eigenvalue weighted by molar-refractivity contribution is 1.10. The van der Waals surface area contributed by atoms with Gasteiger partial charge in [-0.05, 0) is 77.9 Å². The quantitative estimate of drug-likeness (QED) is 0.249. The van der Waals surface area contributed by atoms with Crippen LogP contribution in [0.15, 0.2) is 122 Å². The lowest BCUT2D eigenvalue weighted by Crippen LogP contribution is -1.97. The fraction of sp³-hybridized carbons (Fsp3) is 0.0588. The number of hydrogen-bond acceptors (Lipinski definition) is 1. The van der Waals surface area contributed by atoms with Crippen LogP contribution in [-0.2, 0) is 0 Å². The molecule has 0 aliphatic rings. The summed E-state index contributed by atoms with van der Waals surface area (Å²) >= 11 is 0. The van der Waals surface area contributed by atoms with Crippen LogP contribution in [0.25, 0.3) is 50.3 Å². The molecule has 176 valence electrons. The topological polar surface area (TPSA) is 30.9 Å². The molecule has 4 aromatic carbocycles. The molecule has 0 unspecified atom stereocenters. The molecule has 0 aliphatic heterocycles. The van der Waals surface area contributed by atoms with E-state index >= 15 is 0 Å². The Hall–Kier alpha value is -4.56. The first kappa shape index (κ1) is 23.2. The van der Waals surface area contributed by atoms with Gasteiger partial charge >= 0.3 is 0 Å². The lowest BCUT2D eigenvalue weighted by atomic mass is 9.97. The van der Waals surface area contributed by atoms with Gasteiger partial charge in [-0.2, -0.15) is 0 Å². The van der Waals surface area contributed by atoms with Gasteiger partial charge in [0.25, 0.3) is 0 Å². The molecule has 1 heterocycles. The van der Waals surface area contributed by atoms with Crippen molar-refractivity contribution in [2.24, 2.45) is 5.73 Å². The normalized spacial score (nSPS) is 12.3. The van der Waals surface area contributed by atoms with E-state index in [1.54, 1.807) is 0 Å². The van der Waals surface area contributed by atoms with Gasteiger partial charge in [0.05, 0.1) is 5.52 Å². The Balaban J connectivity index is 1.72. The third-order valence-electron chi connectivity index (χ3n) is 6.65.